The number of esters is 1. The molecule has 2 rings (SSSR count). The summed E-state index contributed by atoms with van der Waals surface area (Å²) in [4.78, 5) is 74.1. The lowest BCUT2D eigenvalue weighted by Crippen LogP contribution is -2.58. The molecule has 0 aliphatic rings. The Labute approximate surface area is 251 Å². The van der Waals surface area contributed by atoms with Crippen molar-refractivity contribution in [3.05, 3.63) is 69.7 Å². The summed E-state index contributed by atoms with van der Waals surface area (Å²) in [5, 5.41) is 14.4. The SMILES string of the molecule is CC(C)[C@H](NC(=O)OCc1ccccc1)C(=O)N[C@@H](C)C(=O)NN(CC(=O)O)C(=O)COC(=O)c1c(Cl)cccc1Cl. The predicted molar refractivity (Wildman–Crippen MR) is 150 cm³/mol. The van der Waals surface area contributed by atoms with E-state index in [0.29, 0.717) is 5.01 Å². The zero-order valence-corrected chi connectivity index (χ0v) is 24.4. The third kappa shape index (κ3) is 10.6. The maximum absolute atomic E-state index is 12.9. The molecular formula is C27H30Cl2N4O9. The number of carbonyl (C=O) groups is 6. The van der Waals surface area contributed by atoms with Crippen LogP contribution in [0.25, 0.3) is 0 Å². The molecule has 0 fully saturated rings. The maximum atomic E-state index is 12.9. The predicted octanol–water partition coefficient (Wildman–Crippen LogP) is 2.55. The van der Waals surface area contributed by atoms with Gasteiger partial charge in [0.1, 0.15) is 25.2 Å². The third-order valence-corrected chi connectivity index (χ3v) is 6.15. The number of nitrogens with one attached hydrogen (secondary N) is 3. The van der Waals surface area contributed by atoms with Gasteiger partial charge in [-0.3, -0.25) is 24.6 Å². The van der Waals surface area contributed by atoms with Crippen LogP contribution in [0.5, 0.6) is 0 Å². The van der Waals surface area contributed by atoms with Crippen molar-refractivity contribution in [1.82, 2.24) is 21.1 Å². The molecule has 15 heteroatoms. The molecule has 0 aliphatic heterocycles. The number of carboxylic acids is 1. The van der Waals surface area contributed by atoms with Crippen molar-refractivity contribution in [3.8, 4) is 0 Å². The maximum Gasteiger partial charge on any atom is 0.408 e. The van der Waals surface area contributed by atoms with Crippen molar-refractivity contribution in [2.75, 3.05) is 13.2 Å². The molecule has 0 spiro atoms. The largest absolute Gasteiger partial charge is 0.480 e. The highest BCUT2D eigenvalue weighted by molar-refractivity contribution is 6.39. The first kappa shape index (κ1) is 33.8. The smallest absolute Gasteiger partial charge is 0.408 e. The van der Waals surface area contributed by atoms with Crippen LogP contribution in [0.4, 0.5) is 4.79 Å². The molecule has 42 heavy (non-hydrogen) atoms. The Morgan fingerprint density at radius 3 is 2.05 bits per heavy atom. The van der Waals surface area contributed by atoms with Crippen LogP contribution in [0, 0.1) is 5.92 Å². The molecule has 13 nitrogen and oxygen atoms in total. The Morgan fingerprint density at radius 1 is 0.857 bits per heavy atom. The number of nitrogens with zero attached hydrogens (tertiary/aromatic N) is 1. The van der Waals surface area contributed by atoms with Gasteiger partial charge in [-0.25, -0.2) is 14.6 Å². The van der Waals surface area contributed by atoms with E-state index in [1.807, 2.05) is 6.07 Å². The van der Waals surface area contributed by atoms with E-state index >= 15 is 0 Å². The van der Waals surface area contributed by atoms with Crippen molar-refractivity contribution in [2.24, 2.45) is 5.92 Å². The summed E-state index contributed by atoms with van der Waals surface area (Å²) in [6, 6.07) is 10.8. The Kier molecular flexibility index (Phi) is 13.0. The van der Waals surface area contributed by atoms with Gasteiger partial charge in [-0.15, -0.1) is 0 Å². The van der Waals surface area contributed by atoms with Crippen molar-refractivity contribution in [3.63, 3.8) is 0 Å². The van der Waals surface area contributed by atoms with Crippen LogP contribution in [0.2, 0.25) is 10.0 Å². The second kappa shape index (κ2) is 16.2. The van der Waals surface area contributed by atoms with Gasteiger partial charge in [0.15, 0.2) is 6.61 Å². The highest BCUT2D eigenvalue weighted by Gasteiger charge is 2.29. The second-order valence-corrected chi connectivity index (χ2v) is 9.99. The fourth-order valence-electron chi connectivity index (χ4n) is 3.32. The van der Waals surface area contributed by atoms with Crippen LogP contribution >= 0.6 is 23.2 Å². The number of ether oxygens (including phenoxy) is 2. The molecule has 0 saturated heterocycles. The van der Waals surface area contributed by atoms with E-state index in [-0.39, 0.29) is 22.2 Å². The van der Waals surface area contributed by atoms with Crippen LogP contribution in [0.1, 0.15) is 36.7 Å². The number of rotatable bonds is 12. The first-order valence-electron chi connectivity index (χ1n) is 12.5. The Balaban J connectivity index is 1.97. The molecule has 0 unspecified atom stereocenters. The lowest BCUT2D eigenvalue weighted by molar-refractivity contribution is -0.152. The molecule has 2 atom stereocenters. The zero-order chi connectivity index (χ0) is 31.4. The van der Waals surface area contributed by atoms with Crippen molar-refractivity contribution in [1.29, 1.82) is 0 Å². The minimum atomic E-state index is -1.49. The number of aliphatic carboxylic acids is 1. The van der Waals surface area contributed by atoms with Gasteiger partial charge in [-0.05, 0) is 30.5 Å². The van der Waals surface area contributed by atoms with Crippen molar-refractivity contribution >= 4 is 59.0 Å². The van der Waals surface area contributed by atoms with Gasteiger partial charge in [0, 0.05) is 0 Å². The zero-order valence-electron chi connectivity index (χ0n) is 22.9. The summed E-state index contributed by atoms with van der Waals surface area (Å²) in [6.45, 7) is 2.64. The quantitative estimate of drug-likeness (QED) is 0.204. The first-order valence-corrected chi connectivity index (χ1v) is 13.3. The molecular weight excluding hydrogens is 595 g/mol. The highest BCUT2D eigenvalue weighted by atomic mass is 35.5. The summed E-state index contributed by atoms with van der Waals surface area (Å²) >= 11 is 11.9. The summed E-state index contributed by atoms with van der Waals surface area (Å²) in [6.07, 6.45) is -0.851. The topological polar surface area (TPSA) is 180 Å². The molecule has 0 bridgehead atoms. The lowest BCUT2D eigenvalue weighted by atomic mass is 10.0. The molecule has 4 N–H and O–H groups in total. The van der Waals surface area contributed by atoms with Gasteiger partial charge in [-0.1, -0.05) is 73.4 Å². The van der Waals surface area contributed by atoms with Gasteiger partial charge < -0.3 is 25.2 Å². The third-order valence-electron chi connectivity index (χ3n) is 5.52. The Bertz CT molecular complexity index is 1290. The van der Waals surface area contributed by atoms with E-state index in [1.165, 1.54) is 25.1 Å². The van der Waals surface area contributed by atoms with E-state index < -0.39 is 66.9 Å². The Morgan fingerprint density at radius 2 is 1.48 bits per heavy atom. The van der Waals surface area contributed by atoms with Gasteiger partial charge in [0.05, 0.1) is 15.6 Å². The van der Waals surface area contributed by atoms with Crippen LogP contribution < -0.4 is 16.1 Å². The number of hydrogen-bond acceptors (Lipinski definition) is 8. The van der Waals surface area contributed by atoms with Crippen molar-refractivity contribution in [2.45, 2.75) is 39.5 Å². The Hall–Kier alpha value is -4.36. The summed E-state index contributed by atoms with van der Waals surface area (Å²) in [5.41, 5.74) is 2.62. The van der Waals surface area contributed by atoms with E-state index in [2.05, 4.69) is 16.1 Å². The molecule has 0 heterocycles. The molecule has 226 valence electrons. The molecule has 2 aromatic rings. The minimum Gasteiger partial charge on any atom is -0.480 e. The fourth-order valence-corrected chi connectivity index (χ4v) is 3.87. The van der Waals surface area contributed by atoms with Gasteiger partial charge in [-0.2, -0.15) is 0 Å². The van der Waals surface area contributed by atoms with Crippen LogP contribution in [0.3, 0.4) is 0 Å². The number of carboxylic acid groups (broad SMARTS) is 1. The number of halogens is 2. The summed E-state index contributed by atoms with van der Waals surface area (Å²) in [5.74, 6) is -5.73. The number of carbonyl (C=O) groups excluding carboxylic acids is 5. The summed E-state index contributed by atoms with van der Waals surface area (Å²) in [7, 11) is 0. The van der Waals surface area contributed by atoms with Gasteiger partial charge in [0.2, 0.25) is 5.91 Å². The normalized spacial score (nSPS) is 12.0. The molecule has 4 amide bonds. The molecule has 0 aromatic heterocycles. The number of hydrazine groups is 1. The van der Waals surface area contributed by atoms with E-state index in [9.17, 15) is 33.9 Å². The summed E-state index contributed by atoms with van der Waals surface area (Å²) < 4.78 is 10.0. The minimum absolute atomic E-state index is 0.0217. The van der Waals surface area contributed by atoms with Crippen LogP contribution in [-0.2, 0) is 35.3 Å². The van der Waals surface area contributed by atoms with E-state index in [4.69, 9.17) is 32.7 Å². The first-order chi connectivity index (χ1) is 19.8. The molecule has 2 aromatic carbocycles. The van der Waals surface area contributed by atoms with Gasteiger partial charge >= 0.3 is 18.0 Å². The molecule has 0 aliphatic carbocycles. The fraction of sp³-hybridized carbons (Fsp3) is 0.333. The number of alkyl carbamates (subject to hydrolysis) is 1. The van der Waals surface area contributed by atoms with Gasteiger partial charge in [0.25, 0.3) is 11.8 Å². The van der Waals surface area contributed by atoms with Crippen LogP contribution in [-0.4, -0.2) is 71.1 Å². The number of benzene rings is 2. The number of amides is 4. The lowest BCUT2D eigenvalue weighted by Gasteiger charge is -2.26. The number of hydrogen-bond donors (Lipinski definition) is 4. The second-order valence-electron chi connectivity index (χ2n) is 9.18. The van der Waals surface area contributed by atoms with E-state index in [1.54, 1.807) is 38.1 Å². The van der Waals surface area contributed by atoms with Crippen LogP contribution in [0.15, 0.2) is 48.5 Å². The average molecular weight is 625 g/mol. The highest BCUT2D eigenvalue weighted by Crippen LogP contribution is 2.24. The standard InChI is InChI=1S/C27H30Cl2N4O9/c1-15(2)23(31-27(40)42-13-17-8-5-4-6-9-17)25(38)30-16(3)24(37)32-33(12-21(35)36)20(34)14-41-26(39)22-18(28)10-7-11-19(22)29/h4-11,15-16,23H,12-14H2,1-3H3,(H,30,38)(H,31,40)(H,32,37)(H,35,36)/t16-,23-/m0/s1. The van der Waals surface area contributed by atoms with E-state index in [0.717, 1.165) is 5.56 Å². The molecule has 0 radical (unpaired) electrons. The monoisotopic (exact) mass is 624 g/mol. The average Bonchev–Trinajstić information content (AvgIpc) is 2.93. The van der Waals surface area contributed by atoms with Crippen molar-refractivity contribution < 1.29 is 43.3 Å². The molecule has 0 saturated carbocycles.